The summed E-state index contributed by atoms with van der Waals surface area (Å²) in [6, 6.07) is 5.83. The summed E-state index contributed by atoms with van der Waals surface area (Å²) in [6.07, 6.45) is 0.739. The molecule has 1 atom stereocenters. The van der Waals surface area contributed by atoms with Crippen LogP contribution in [0.4, 0.5) is 0 Å². The van der Waals surface area contributed by atoms with E-state index in [1.54, 1.807) is 24.3 Å². The molecular formula is C13H18N2O4. The van der Waals surface area contributed by atoms with E-state index < -0.39 is 17.9 Å². The monoisotopic (exact) mass is 266 g/mol. The molecule has 6 nitrogen and oxygen atoms in total. The van der Waals surface area contributed by atoms with Gasteiger partial charge in [-0.3, -0.25) is 4.79 Å². The van der Waals surface area contributed by atoms with Gasteiger partial charge in [-0.2, -0.15) is 0 Å². The molecular weight excluding hydrogens is 248 g/mol. The van der Waals surface area contributed by atoms with Crippen LogP contribution >= 0.6 is 0 Å². The summed E-state index contributed by atoms with van der Waals surface area (Å²) in [5, 5.41) is 11.3. The molecule has 0 aliphatic heterocycles. The average molecular weight is 266 g/mol. The number of hydrogen-bond donors (Lipinski definition) is 3. The van der Waals surface area contributed by atoms with Crippen molar-refractivity contribution >= 4 is 11.9 Å². The predicted molar refractivity (Wildman–Crippen MR) is 70.0 cm³/mol. The number of nitrogens with two attached hydrogens (primary N) is 1. The highest BCUT2D eigenvalue weighted by Crippen LogP contribution is 2.05. The molecule has 1 unspecified atom stereocenters. The van der Waals surface area contributed by atoms with Gasteiger partial charge < -0.3 is 20.9 Å². The van der Waals surface area contributed by atoms with Gasteiger partial charge in [0, 0.05) is 12.7 Å². The highest BCUT2D eigenvalue weighted by Gasteiger charge is 2.20. The zero-order valence-electron chi connectivity index (χ0n) is 10.8. The molecule has 0 heterocycles. The summed E-state index contributed by atoms with van der Waals surface area (Å²) in [5.74, 6) is -1.57. The fourth-order valence-corrected chi connectivity index (χ4v) is 1.57. The summed E-state index contributed by atoms with van der Waals surface area (Å²) in [6.45, 7) is 0.465. The smallest absolute Gasteiger partial charge is 0.328 e. The van der Waals surface area contributed by atoms with Crippen LogP contribution in [-0.4, -0.2) is 43.3 Å². The molecule has 1 rings (SSSR count). The van der Waals surface area contributed by atoms with Gasteiger partial charge in [0.2, 0.25) is 0 Å². The van der Waals surface area contributed by atoms with Gasteiger partial charge in [-0.15, -0.1) is 0 Å². The average Bonchev–Trinajstić information content (AvgIpc) is 2.39. The van der Waals surface area contributed by atoms with Gasteiger partial charge in [0.25, 0.3) is 5.91 Å². The lowest BCUT2D eigenvalue weighted by atomic mass is 10.1. The number of rotatable bonds is 7. The summed E-state index contributed by atoms with van der Waals surface area (Å²) >= 11 is 0. The second-order valence-electron chi connectivity index (χ2n) is 4.06. The van der Waals surface area contributed by atoms with Crippen molar-refractivity contribution in [3.05, 3.63) is 35.4 Å². The summed E-state index contributed by atoms with van der Waals surface area (Å²) in [4.78, 5) is 22.7. The molecule has 0 aliphatic carbocycles. The van der Waals surface area contributed by atoms with Crippen LogP contribution in [-0.2, 0) is 16.0 Å². The van der Waals surface area contributed by atoms with Gasteiger partial charge in [0.15, 0.2) is 6.04 Å². The van der Waals surface area contributed by atoms with Gasteiger partial charge in [0.05, 0.1) is 6.61 Å². The Morgan fingerprint density at radius 2 is 2.00 bits per heavy atom. The Morgan fingerprint density at radius 1 is 1.37 bits per heavy atom. The summed E-state index contributed by atoms with van der Waals surface area (Å²) in [7, 11) is 1.38. The number of carboxylic acids is 1. The van der Waals surface area contributed by atoms with Crippen LogP contribution in [0.15, 0.2) is 24.3 Å². The molecule has 0 saturated heterocycles. The van der Waals surface area contributed by atoms with Crippen molar-refractivity contribution in [1.82, 2.24) is 5.32 Å². The highest BCUT2D eigenvalue weighted by molar-refractivity contribution is 5.96. The Labute approximate surface area is 111 Å². The Bertz CT molecular complexity index is 431. The molecule has 0 spiro atoms. The molecule has 19 heavy (non-hydrogen) atoms. The number of benzene rings is 1. The fourth-order valence-electron chi connectivity index (χ4n) is 1.57. The maximum atomic E-state index is 11.8. The molecule has 0 fully saturated rings. The zero-order chi connectivity index (χ0) is 14.3. The van der Waals surface area contributed by atoms with Crippen LogP contribution in [0.2, 0.25) is 0 Å². The molecule has 0 aliphatic rings. The van der Waals surface area contributed by atoms with Crippen molar-refractivity contribution in [2.45, 2.75) is 12.5 Å². The third kappa shape index (κ3) is 4.69. The first-order valence-electron chi connectivity index (χ1n) is 5.90. The van der Waals surface area contributed by atoms with E-state index in [2.05, 4.69) is 5.32 Å². The van der Waals surface area contributed by atoms with E-state index >= 15 is 0 Å². The van der Waals surface area contributed by atoms with E-state index in [-0.39, 0.29) is 6.61 Å². The van der Waals surface area contributed by atoms with Crippen molar-refractivity contribution in [3.8, 4) is 0 Å². The molecule has 1 aromatic rings. The van der Waals surface area contributed by atoms with Crippen molar-refractivity contribution in [3.63, 3.8) is 0 Å². The first kappa shape index (κ1) is 15.1. The number of ether oxygens (including phenoxy) is 1. The van der Waals surface area contributed by atoms with Gasteiger partial charge >= 0.3 is 5.97 Å². The normalized spacial score (nSPS) is 11.9. The Morgan fingerprint density at radius 3 is 2.47 bits per heavy atom. The van der Waals surface area contributed by atoms with E-state index in [0.29, 0.717) is 12.1 Å². The Hall–Kier alpha value is -1.92. The highest BCUT2D eigenvalue weighted by atomic mass is 16.5. The van der Waals surface area contributed by atoms with Crippen LogP contribution in [0.1, 0.15) is 15.9 Å². The van der Waals surface area contributed by atoms with Crippen molar-refractivity contribution in [2.75, 3.05) is 20.3 Å². The van der Waals surface area contributed by atoms with E-state index in [1.807, 2.05) is 0 Å². The molecule has 1 amide bonds. The van der Waals surface area contributed by atoms with Gasteiger partial charge in [-0.25, -0.2) is 4.79 Å². The molecule has 0 aromatic heterocycles. The molecule has 6 heteroatoms. The van der Waals surface area contributed by atoms with Crippen LogP contribution in [0.25, 0.3) is 0 Å². The van der Waals surface area contributed by atoms with E-state index in [4.69, 9.17) is 15.6 Å². The maximum Gasteiger partial charge on any atom is 0.328 e. The number of amides is 1. The number of carbonyl (C=O) groups excluding carboxylic acids is 1. The number of methoxy groups -OCH3 is 1. The van der Waals surface area contributed by atoms with E-state index in [1.165, 1.54) is 7.11 Å². The Balaban J connectivity index is 2.68. The fraction of sp³-hybridized carbons (Fsp3) is 0.385. The second kappa shape index (κ2) is 7.50. The number of hydrogen-bond acceptors (Lipinski definition) is 4. The van der Waals surface area contributed by atoms with Crippen LogP contribution in [0, 0.1) is 0 Å². The first-order valence-corrected chi connectivity index (χ1v) is 5.90. The van der Waals surface area contributed by atoms with Crippen LogP contribution in [0.3, 0.4) is 0 Å². The molecule has 0 bridgehead atoms. The number of carboxylic acid groups (broad SMARTS) is 1. The predicted octanol–water partition coefficient (Wildman–Crippen LogP) is 0.0172. The number of nitrogens with one attached hydrogen (secondary N) is 1. The lowest BCUT2D eigenvalue weighted by Gasteiger charge is -2.13. The summed E-state index contributed by atoms with van der Waals surface area (Å²) < 4.78 is 4.74. The van der Waals surface area contributed by atoms with Gasteiger partial charge in [-0.05, 0) is 30.7 Å². The van der Waals surface area contributed by atoms with E-state index in [0.717, 1.165) is 12.0 Å². The van der Waals surface area contributed by atoms with Crippen molar-refractivity contribution in [1.29, 1.82) is 0 Å². The first-order chi connectivity index (χ1) is 9.08. The van der Waals surface area contributed by atoms with Crippen molar-refractivity contribution in [2.24, 2.45) is 5.73 Å². The molecule has 0 saturated carbocycles. The van der Waals surface area contributed by atoms with Crippen LogP contribution in [0.5, 0.6) is 0 Å². The zero-order valence-corrected chi connectivity index (χ0v) is 10.8. The van der Waals surface area contributed by atoms with Crippen LogP contribution < -0.4 is 11.1 Å². The number of aliphatic carboxylic acids is 1. The minimum absolute atomic E-state index is 0.0771. The summed E-state index contributed by atoms with van der Waals surface area (Å²) in [5.41, 5.74) is 6.87. The Kier molecular flexibility index (Phi) is 5.98. The minimum atomic E-state index is -1.13. The second-order valence-corrected chi connectivity index (χ2v) is 4.06. The molecule has 4 N–H and O–H groups in total. The minimum Gasteiger partial charge on any atom is -0.480 e. The lowest BCUT2D eigenvalue weighted by Crippen LogP contribution is -2.43. The maximum absolute atomic E-state index is 11.8. The van der Waals surface area contributed by atoms with E-state index in [9.17, 15) is 9.59 Å². The van der Waals surface area contributed by atoms with Crippen molar-refractivity contribution < 1.29 is 19.4 Å². The molecule has 1 aromatic carbocycles. The molecule has 0 radical (unpaired) electrons. The largest absolute Gasteiger partial charge is 0.480 e. The SMILES string of the molecule is COCC(NC(=O)c1ccc(CCN)cc1)C(=O)O. The topological polar surface area (TPSA) is 102 Å². The third-order valence-corrected chi connectivity index (χ3v) is 2.59. The standard InChI is InChI=1S/C13H18N2O4/c1-19-8-11(13(17)18)15-12(16)10-4-2-9(3-5-10)6-7-14/h2-5,11H,6-8,14H2,1H3,(H,15,16)(H,17,18). The molecule has 104 valence electrons. The lowest BCUT2D eigenvalue weighted by molar-refractivity contribution is -0.140. The van der Waals surface area contributed by atoms with Gasteiger partial charge in [-0.1, -0.05) is 12.1 Å². The number of carbonyl (C=O) groups is 2. The quantitative estimate of drug-likeness (QED) is 0.645. The third-order valence-electron chi connectivity index (χ3n) is 2.59. The van der Waals surface area contributed by atoms with Gasteiger partial charge in [0.1, 0.15) is 0 Å².